The normalized spacial score (nSPS) is 12.5. The Morgan fingerprint density at radius 3 is 2.58 bits per heavy atom. The third-order valence-corrected chi connectivity index (χ3v) is 3.36. The van der Waals surface area contributed by atoms with Crippen LogP contribution in [0.5, 0.6) is 5.75 Å². The van der Waals surface area contributed by atoms with Crippen LogP contribution >= 0.6 is 0 Å². The summed E-state index contributed by atoms with van der Waals surface area (Å²) >= 11 is 0. The van der Waals surface area contributed by atoms with Gasteiger partial charge in [0, 0.05) is 12.1 Å². The summed E-state index contributed by atoms with van der Waals surface area (Å²) in [5.41, 5.74) is 0.999. The van der Waals surface area contributed by atoms with E-state index in [1.165, 1.54) is 7.11 Å². The summed E-state index contributed by atoms with van der Waals surface area (Å²) in [6.07, 6.45) is 1.77. The first kappa shape index (κ1) is 15.4. The number of nitro groups is 1. The van der Waals surface area contributed by atoms with Gasteiger partial charge in [-0.2, -0.15) is 0 Å². The maximum Gasteiger partial charge on any atom is 0.311 e. The predicted octanol–water partition coefficient (Wildman–Crippen LogP) is 2.78. The molecule has 1 aromatic rings. The minimum Gasteiger partial charge on any atom is -0.490 e. The first-order chi connectivity index (χ1) is 8.99. The molecule has 106 valence electrons. The molecule has 1 unspecified atom stereocenters. The lowest BCUT2D eigenvalue weighted by molar-refractivity contribution is -0.385. The molecule has 0 aliphatic carbocycles. The molecule has 0 amide bonds. The zero-order valence-electron chi connectivity index (χ0n) is 12.0. The summed E-state index contributed by atoms with van der Waals surface area (Å²) in [5.74, 6) is 0.848. The number of methoxy groups -OCH3 is 1. The highest BCUT2D eigenvalue weighted by Gasteiger charge is 2.16. The highest BCUT2D eigenvalue weighted by atomic mass is 16.6. The molecule has 0 aliphatic rings. The van der Waals surface area contributed by atoms with Crippen molar-refractivity contribution in [1.29, 1.82) is 0 Å². The lowest BCUT2D eigenvalue weighted by Crippen LogP contribution is -2.30. The highest BCUT2D eigenvalue weighted by Crippen LogP contribution is 2.28. The van der Waals surface area contributed by atoms with E-state index in [1.807, 2.05) is 13.1 Å². The van der Waals surface area contributed by atoms with Crippen LogP contribution in [0.2, 0.25) is 0 Å². The van der Waals surface area contributed by atoms with E-state index in [4.69, 9.17) is 4.74 Å². The quantitative estimate of drug-likeness (QED) is 0.609. The third-order valence-electron chi connectivity index (χ3n) is 3.36. The standard InChI is InChI=1S/C14H22N2O3/c1-10(2)12(15-3)7-5-11-6-8-14(19-4)13(9-11)16(17)18/h6,8-10,12,15H,5,7H2,1-4H3. The first-order valence-electron chi connectivity index (χ1n) is 6.48. The minimum atomic E-state index is -0.402. The molecule has 0 fully saturated rings. The van der Waals surface area contributed by atoms with Crippen molar-refractivity contribution >= 4 is 5.69 Å². The van der Waals surface area contributed by atoms with Crippen molar-refractivity contribution in [3.8, 4) is 5.75 Å². The Labute approximate surface area is 114 Å². The predicted molar refractivity (Wildman–Crippen MR) is 75.7 cm³/mol. The Morgan fingerprint density at radius 1 is 1.42 bits per heavy atom. The average molecular weight is 266 g/mol. The molecule has 0 heterocycles. The van der Waals surface area contributed by atoms with E-state index in [0.717, 1.165) is 18.4 Å². The zero-order valence-corrected chi connectivity index (χ0v) is 12.0. The molecule has 1 rings (SSSR count). The number of nitro benzene ring substituents is 1. The van der Waals surface area contributed by atoms with E-state index in [-0.39, 0.29) is 5.69 Å². The number of hydrogen-bond donors (Lipinski definition) is 1. The second-order valence-electron chi connectivity index (χ2n) is 4.94. The van der Waals surface area contributed by atoms with Gasteiger partial charge in [0.2, 0.25) is 0 Å². The van der Waals surface area contributed by atoms with Crippen LogP contribution in [0.15, 0.2) is 18.2 Å². The van der Waals surface area contributed by atoms with Crippen LogP contribution in [0.1, 0.15) is 25.8 Å². The smallest absolute Gasteiger partial charge is 0.311 e. The van der Waals surface area contributed by atoms with E-state index in [9.17, 15) is 10.1 Å². The lowest BCUT2D eigenvalue weighted by atomic mass is 9.96. The van der Waals surface area contributed by atoms with Gasteiger partial charge in [-0.15, -0.1) is 0 Å². The van der Waals surface area contributed by atoms with Gasteiger partial charge >= 0.3 is 5.69 Å². The van der Waals surface area contributed by atoms with E-state index >= 15 is 0 Å². The Hall–Kier alpha value is -1.62. The van der Waals surface area contributed by atoms with Crippen LogP contribution in [0.25, 0.3) is 0 Å². The van der Waals surface area contributed by atoms with Gasteiger partial charge in [0.1, 0.15) is 0 Å². The number of nitrogens with one attached hydrogen (secondary N) is 1. The number of benzene rings is 1. The van der Waals surface area contributed by atoms with Gasteiger partial charge in [0.25, 0.3) is 0 Å². The molecule has 0 saturated heterocycles. The van der Waals surface area contributed by atoms with Crippen molar-refractivity contribution in [2.45, 2.75) is 32.7 Å². The van der Waals surface area contributed by atoms with Crippen molar-refractivity contribution in [2.24, 2.45) is 5.92 Å². The van der Waals surface area contributed by atoms with Gasteiger partial charge in [-0.25, -0.2) is 0 Å². The number of rotatable bonds is 7. The van der Waals surface area contributed by atoms with Crippen LogP contribution in [0, 0.1) is 16.0 Å². The molecule has 0 aliphatic heterocycles. The molecule has 0 saturated carbocycles. The fourth-order valence-electron chi connectivity index (χ4n) is 2.17. The topological polar surface area (TPSA) is 64.4 Å². The molecule has 1 atom stereocenters. The monoisotopic (exact) mass is 266 g/mol. The molecule has 5 nitrogen and oxygen atoms in total. The van der Waals surface area contributed by atoms with Crippen molar-refractivity contribution in [3.63, 3.8) is 0 Å². The molecule has 0 spiro atoms. The summed E-state index contributed by atoms with van der Waals surface area (Å²) in [5, 5.41) is 14.2. The number of ether oxygens (including phenoxy) is 1. The molecule has 0 aromatic heterocycles. The van der Waals surface area contributed by atoms with Crippen LogP contribution in [0.3, 0.4) is 0 Å². The molecule has 1 N–H and O–H groups in total. The minimum absolute atomic E-state index is 0.0329. The number of nitrogens with zero attached hydrogens (tertiary/aromatic N) is 1. The SMILES string of the molecule is CNC(CCc1ccc(OC)c([N+](=O)[O-])c1)C(C)C. The molecular weight excluding hydrogens is 244 g/mol. The Morgan fingerprint density at radius 2 is 2.11 bits per heavy atom. The fourth-order valence-corrected chi connectivity index (χ4v) is 2.17. The van der Waals surface area contributed by atoms with Crippen LogP contribution in [-0.4, -0.2) is 25.1 Å². The average Bonchev–Trinajstić information content (AvgIpc) is 2.38. The Bertz CT molecular complexity index is 433. The molecule has 0 radical (unpaired) electrons. The molecule has 19 heavy (non-hydrogen) atoms. The Kier molecular flexibility index (Phi) is 5.76. The highest BCUT2D eigenvalue weighted by molar-refractivity contribution is 5.48. The summed E-state index contributed by atoms with van der Waals surface area (Å²) in [6.45, 7) is 4.33. The second kappa shape index (κ2) is 7.09. The Balaban J connectivity index is 2.80. The van der Waals surface area contributed by atoms with Crippen molar-refractivity contribution < 1.29 is 9.66 Å². The summed E-state index contributed by atoms with van der Waals surface area (Å²) < 4.78 is 4.99. The van der Waals surface area contributed by atoms with Gasteiger partial charge < -0.3 is 10.1 Å². The fraction of sp³-hybridized carbons (Fsp3) is 0.571. The van der Waals surface area contributed by atoms with Gasteiger partial charge in [-0.1, -0.05) is 19.9 Å². The summed E-state index contributed by atoms with van der Waals surface area (Å²) in [7, 11) is 3.39. The second-order valence-corrected chi connectivity index (χ2v) is 4.94. The zero-order chi connectivity index (χ0) is 14.4. The lowest BCUT2D eigenvalue weighted by Gasteiger charge is -2.19. The molecular formula is C14H22N2O3. The van der Waals surface area contributed by atoms with Gasteiger partial charge in [0.15, 0.2) is 5.75 Å². The summed E-state index contributed by atoms with van der Waals surface area (Å²) in [6, 6.07) is 5.57. The number of hydrogen-bond acceptors (Lipinski definition) is 4. The number of aryl methyl sites for hydroxylation is 1. The van der Waals surface area contributed by atoms with Gasteiger partial charge in [-0.3, -0.25) is 10.1 Å². The van der Waals surface area contributed by atoms with Crippen molar-refractivity contribution in [3.05, 3.63) is 33.9 Å². The van der Waals surface area contributed by atoms with Crippen LogP contribution in [-0.2, 0) is 6.42 Å². The third kappa shape index (κ3) is 4.21. The van der Waals surface area contributed by atoms with Crippen molar-refractivity contribution in [1.82, 2.24) is 5.32 Å². The molecule has 0 bridgehead atoms. The van der Waals surface area contributed by atoms with Crippen LogP contribution < -0.4 is 10.1 Å². The van der Waals surface area contributed by atoms with Crippen molar-refractivity contribution in [2.75, 3.05) is 14.2 Å². The van der Waals surface area contributed by atoms with E-state index in [0.29, 0.717) is 17.7 Å². The van der Waals surface area contributed by atoms with Crippen LogP contribution in [0.4, 0.5) is 5.69 Å². The van der Waals surface area contributed by atoms with Gasteiger partial charge in [0.05, 0.1) is 12.0 Å². The first-order valence-corrected chi connectivity index (χ1v) is 6.48. The molecule has 1 aromatic carbocycles. The summed E-state index contributed by atoms with van der Waals surface area (Å²) in [4.78, 5) is 10.5. The molecule has 5 heteroatoms. The van der Waals surface area contributed by atoms with E-state index in [1.54, 1.807) is 12.1 Å². The largest absolute Gasteiger partial charge is 0.490 e. The van der Waals surface area contributed by atoms with E-state index in [2.05, 4.69) is 19.2 Å². The maximum atomic E-state index is 10.9. The maximum absolute atomic E-state index is 10.9. The van der Waals surface area contributed by atoms with Gasteiger partial charge in [-0.05, 0) is 37.4 Å². The van der Waals surface area contributed by atoms with E-state index < -0.39 is 4.92 Å².